The lowest BCUT2D eigenvalue weighted by molar-refractivity contribution is -0.123. The van der Waals surface area contributed by atoms with Crippen molar-refractivity contribution in [3.05, 3.63) is 28.7 Å². The zero-order valence-electron chi connectivity index (χ0n) is 17.5. The number of sulfonamides is 1. The van der Waals surface area contributed by atoms with E-state index in [1.54, 1.807) is 13.8 Å². The van der Waals surface area contributed by atoms with E-state index in [-0.39, 0.29) is 22.8 Å². The van der Waals surface area contributed by atoms with Crippen molar-refractivity contribution in [2.24, 2.45) is 5.41 Å². The molecule has 0 aliphatic carbocycles. The van der Waals surface area contributed by atoms with E-state index in [1.165, 1.54) is 22.6 Å². The van der Waals surface area contributed by atoms with Crippen LogP contribution < -0.4 is 10.9 Å². The Labute approximate surface area is 162 Å². The van der Waals surface area contributed by atoms with E-state index in [1.807, 2.05) is 13.8 Å². The van der Waals surface area contributed by atoms with Gasteiger partial charge in [0, 0.05) is 30.9 Å². The predicted octanol–water partition coefficient (Wildman–Crippen LogP) is 2.21. The zero-order valence-corrected chi connectivity index (χ0v) is 18.3. The Morgan fingerprint density at radius 2 is 1.67 bits per heavy atom. The number of aromatic nitrogens is 1. The Morgan fingerprint density at radius 1 is 1.11 bits per heavy atom. The molecule has 0 atom stereocenters. The van der Waals surface area contributed by atoms with Crippen LogP contribution in [0.2, 0.25) is 0 Å². The first-order chi connectivity index (χ1) is 12.2. The number of nitrogens with zero attached hydrogens (tertiary/aromatic N) is 2. The minimum absolute atomic E-state index is 0.00699. The maximum Gasteiger partial charge on any atom is 0.251 e. The third-order valence-electron chi connectivity index (χ3n) is 4.06. The highest BCUT2D eigenvalue weighted by atomic mass is 32.2. The summed E-state index contributed by atoms with van der Waals surface area (Å²) in [6, 6.07) is 2.47. The van der Waals surface area contributed by atoms with Gasteiger partial charge in [0.25, 0.3) is 5.56 Å². The molecule has 0 radical (unpaired) electrons. The van der Waals surface area contributed by atoms with Crippen molar-refractivity contribution in [3.63, 3.8) is 0 Å². The van der Waals surface area contributed by atoms with Crippen LogP contribution in [0, 0.1) is 5.41 Å². The van der Waals surface area contributed by atoms with Gasteiger partial charge in [0.15, 0.2) is 0 Å². The summed E-state index contributed by atoms with van der Waals surface area (Å²) in [5, 5.41) is 2.93. The molecule has 8 heteroatoms. The summed E-state index contributed by atoms with van der Waals surface area (Å²) in [6.07, 6.45) is 2.00. The van der Waals surface area contributed by atoms with E-state index >= 15 is 0 Å². The maximum atomic E-state index is 12.6. The number of nitrogens with one attached hydrogen (secondary N) is 1. The van der Waals surface area contributed by atoms with E-state index in [2.05, 4.69) is 26.1 Å². The molecule has 1 aromatic heterocycles. The van der Waals surface area contributed by atoms with Gasteiger partial charge in [-0.3, -0.25) is 9.59 Å². The number of rotatable bonds is 8. The first-order valence-corrected chi connectivity index (χ1v) is 10.7. The van der Waals surface area contributed by atoms with Gasteiger partial charge < -0.3 is 9.88 Å². The van der Waals surface area contributed by atoms with Gasteiger partial charge in [0.1, 0.15) is 6.54 Å². The van der Waals surface area contributed by atoms with Crippen molar-refractivity contribution in [1.29, 1.82) is 0 Å². The average molecular weight is 400 g/mol. The molecule has 27 heavy (non-hydrogen) atoms. The highest BCUT2D eigenvalue weighted by molar-refractivity contribution is 7.89. The zero-order chi connectivity index (χ0) is 21.0. The van der Waals surface area contributed by atoms with Gasteiger partial charge >= 0.3 is 0 Å². The van der Waals surface area contributed by atoms with Gasteiger partial charge in [-0.1, -0.05) is 34.6 Å². The molecule has 7 nitrogen and oxygen atoms in total. The van der Waals surface area contributed by atoms with E-state index < -0.39 is 21.1 Å². The first kappa shape index (κ1) is 23.4. The van der Waals surface area contributed by atoms with Gasteiger partial charge in [0.05, 0.1) is 4.90 Å². The monoisotopic (exact) mass is 399 g/mol. The van der Waals surface area contributed by atoms with Crippen LogP contribution in [0.1, 0.15) is 54.9 Å². The minimum Gasteiger partial charge on any atom is -0.350 e. The molecule has 1 aromatic rings. The van der Waals surface area contributed by atoms with Crippen molar-refractivity contribution in [2.45, 2.75) is 71.9 Å². The summed E-state index contributed by atoms with van der Waals surface area (Å²) in [6.45, 7) is 14.1. The van der Waals surface area contributed by atoms with Gasteiger partial charge in [-0.05, 0) is 31.7 Å². The van der Waals surface area contributed by atoms with Crippen molar-refractivity contribution >= 4 is 15.9 Å². The van der Waals surface area contributed by atoms with Crippen LogP contribution >= 0.6 is 0 Å². The van der Waals surface area contributed by atoms with Crippen LogP contribution in [-0.2, 0) is 21.4 Å². The van der Waals surface area contributed by atoms with Crippen LogP contribution in [0.25, 0.3) is 0 Å². The van der Waals surface area contributed by atoms with E-state index in [9.17, 15) is 18.0 Å². The quantitative estimate of drug-likeness (QED) is 0.726. The molecule has 1 N–H and O–H groups in total. The molecule has 154 valence electrons. The summed E-state index contributed by atoms with van der Waals surface area (Å²) in [5.41, 5.74) is -0.827. The van der Waals surface area contributed by atoms with Crippen LogP contribution in [0.4, 0.5) is 0 Å². The Kier molecular flexibility index (Phi) is 7.41. The summed E-state index contributed by atoms with van der Waals surface area (Å²) >= 11 is 0. The summed E-state index contributed by atoms with van der Waals surface area (Å²) in [5.74, 6) is -0.330. The molecule has 0 saturated carbocycles. The molecular formula is C19H33N3O4S. The number of carbonyl (C=O) groups excluding carboxylic acids is 1. The molecule has 0 spiro atoms. The fraction of sp³-hybridized carbons (Fsp3) is 0.684. The Hall–Kier alpha value is -1.67. The fourth-order valence-corrected chi connectivity index (χ4v) is 4.92. The Morgan fingerprint density at radius 3 is 2.15 bits per heavy atom. The first-order valence-electron chi connectivity index (χ1n) is 9.23. The second-order valence-electron chi connectivity index (χ2n) is 8.59. The second-order valence-corrected chi connectivity index (χ2v) is 10.5. The smallest absolute Gasteiger partial charge is 0.251 e. The molecule has 0 aliphatic rings. The highest BCUT2D eigenvalue weighted by Gasteiger charge is 2.27. The topological polar surface area (TPSA) is 88.5 Å². The lowest BCUT2D eigenvalue weighted by Crippen LogP contribution is -2.47. The van der Waals surface area contributed by atoms with Gasteiger partial charge in [-0.2, -0.15) is 4.31 Å². The van der Waals surface area contributed by atoms with Crippen LogP contribution in [0.5, 0.6) is 0 Å². The number of amides is 1. The van der Waals surface area contributed by atoms with Gasteiger partial charge in [0.2, 0.25) is 15.9 Å². The van der Waals surface area contributed by atoms with Gasteiger partial charge in [-0.25, -0.2) is 8.42 Å². The molecular weight excluding hydrogens is 366 g/mol. The van der Waals surface area contributed by atoms with Crippen molar-refractivity contribution < 1.29 is 13.2 Å². The molecule has 0 saturated heterocycles. The number of hydrogen-bond acceptors (Lipinski definition) is 4. The average Bonchev–Trinajstić information content (AvgIpc) is 2.46. The third-order valence-corrected chi connectivity index (χ3v) is 6.10. The highest BCUT2D eigenvalue weighted by Crippen LogP contribution is 2.26. The van der Waals surface area contributed by atoms with Gasteiger partial charge in [-0.15, -0.1) is 0 Å². The van der Waals surface area contributed by atoms with Crippen LogP contribution in [0.3, 0.4) is 0 Å². The second kappa shape index (κ2) is 8.56. The number of pyridine rings is 1. The summed E-state index contributed by atoms with van der Waals surface area (Å²) in [4.78, 5) is 24.6. The van der Waals surface area contributed by atoms with E-state index in [4.69, 9.17) is 0 Å². The lowest BCUT2D eigenvalue weighted by atomic mass is 9.82. The Balaban J connectivity index is 3.05. The molecule has 1 rings (SSSR count). The van der Waals surface area contributed by atoms with Crippen LogP contribution in [-0.4, -0.2) is 41.8 Å². The molecule has 0 aromatic carbocycles. The largest absolute Gasteiger partial charge is 0.350 e. The molecule has 1 heterocycles. The standard InChI is InChI=1S/C19H33N3O4S/c1-8-22(9-2)27(25,26)15-10-11-17(24)21(12-15)13-16(23)20-19(6,7)14-18(3,4)5/h10-12H,8-9,13-14H2,1-7H3,(H,20,23). The fourth-order valence-electron chi connectivity index (χ4n) is 3.44. The lowest BCUT2D eigenvalue weighted by Gasteiger charge is -2.33. The number of hydrogen-bond donors (Lipinski definition) is 1. The predicted molar refractivity (Wildman–Crippen MR) is 107 cm³/mol. The van der Waals surface area contributed by atoms with Crippen LogP contribution in [0.15, 0.2) is 28.0 Å². The molecule has 0 bridgehead atoms. The third kappa shape index (κ3) is 6.77. The molecule has 1 amide bonds. The molecule has 0 fully saturated rings. The van der Waals surface area contributed by atoms with Crippen molar-refractivity contribution in [2.75, 3.05) is 13.1 Å². The van der Waals surface area contributed by atoms with E-state index in [0.29, 0.717) is 13.1 Å². The summed E-state index contributed by atoms with van der Waals surface area (Å²) in [7, 11) is -3.69. The van der Waals surface area contributed by atoms with E-state index in [0.717, 1.165) is 11.0 Å². The molecule has 0 aliphatic heterocycles. The summed E-state index contributed by atoms with van der Waals surface area (Å²) < 4.78 is 27.7. The number of carbonyl (C=O) groups is 1. The SMILES string of the molecule is CCN(CC)S(=O)(=O)c1ccc(=O)n(CC(=O)NC(C)(C)CC(C)(C)C)c1. The molecule has 0 unspecified atom stereocenters. The normalized spacial score (nSPS) is 13.0. The Bertz CT molecular complexity index is 816. The van der Waals surface area contributed by atoms with Crippen molar-refractivity contribution in [1.82, 2.24) is 14.2 Å². The maximum absolute atomic E-state index is 12.6. The minimum atomic E-state index is -3.69. The van der Waals surface area contributed by atoms with Crippen molar-refractivity contribution in [3.8, 4) is 0 Å².